The van der Waals surface area contributed by atoms with Crippen LogP contribution in [0.4, 0.5) is 27.0 Å². The van der Waals surface area contributed by atoms with Crippen LogP contribution >= 0.6 is 0 Å². The zero-order valence-corrected chi connectivity index (χ0v) is 33.1. The number of nitrogens with two attached hydrogens (primary N) is 2. The number of methoxy groups -OCH3 is 1. The molecule has 6 N–H and O–H groups in total. The highest BCUT2D eigenvalue weighted by Crippen LogP contribution is 2.20. The highest BCUT2D eigenvalue weighted by molar-refractivity contribution is 5.97. The summed E-state index contributed by atoms with van der Waals surface area (Å²) < 4.78 is 15.6. The number of benzene rings is 2. The number of anilines is 3. The summed E-state index contributed by atoms with van der Waals surface area (Å²) in [4.78, 5) is 95.6. The molecule has 0 saturated carbocycles. The molecule has 0 spiro atoms. The van der Waals surface area contributed by atoms with Gasteiger partial charge in [-0.2, -0.15) is 9.97 Å². The van der Waals surface area contributed by atoms with Gasteiger partial charge in [0.15, 0.2) is 17.0 Å². The minimum Gasteiger partial charge on any atom is -0.467 e. The summed E-state index contributed by atoms with van der Waals surface area (Å²) in [6.07, 6.45) is 1.34. The van der Waals surface area contributed by atoms with E-state index in [2.05, 4.69) is 30.6 Å². The van der Waals surface area contributed by atoms with Crippen LogP contribution in [0.3, 0.4) is 0 Å². The van der Waals surface area contributed by atoms with Crippen molar-refractivity contribution in [2.24, 2.45) is 0 Å². The molecule has 4 aromatic rings. The normalized spacial score (nSPS) is 11.5. The van der Waals surface area contributed by atoms with Gasteiger partial charge >= 0.3 is 18.2 Å². The molecule has 20 nitrogen and oxygen atoms in total. The number of amides is 5. The van der Waals surface area contributed by atoms with Crippen molar-refractivity contribution in [2.45, 2.75) is 51.8 Å². The van der Waals surface area contributed by atoms with Crippen molar-refractivity contribution >= 4 is 65.0 Å². The number of hydrogen-bond donors (Lipinski definition) is 4. The minimum atomic E-state index is -1.01. The Labute approximate surface area is 334 Å². The van der Waals surface area contributed by atoms with E-state index in [4.69, 9.17) is 25.7 Å². The van der Waals surface area contributed by atoms with E-state index in [0.29, 0.717) is 29.8 Å². The van der Waals surface area contributed by atoms with Crippen LogP contribution in [0.25, 0.3) is 11.2 Å². The average Bonchev–Trinajstić information content (AvgIpc) is 3.19. The van der Waals surface area contributed by atoms with Crippen molar-refractivity contribution < 1.29 is 43.0 Å². The van der Waals surface area contributed by atoms with E-state index < -0.39 is 41.6 Å². The number of fused-ring (bicyclic) bond motifs is 1. The molecular weight excluding hydrogens is 754 g/mol. The lowest BCUT2D eigenvalue weighted by Crippen LogP contribution is -2.42. The van der Waals surface area contributed by atoms with E-state index in [1.165, 1.54) is 71.5 Å². The predicted octanol–water partition coefficient (Wildman–Crippen LogP) is 2.53. The highest BCUT2D eigenvalue weighted by atomic mass is 16.6. The maximum Gasteiger partial charge on any atom is 0.415 e. The summed E-state index contributed by atoms with van der Waals surface area (Å²) in [6.45, 7) is 5.91. The van der Waals surface area contributed by atoms with E-state index in [1.807, 2.05) is 0 Å². The maximum atomic E-state index is 13.1. The summed E-state index contributed by atoms with van der Waals surface area (Å²) in [5.74, 6) is -1.40. The first-order valence-corrected chi connectivity index (χ1v) is 18.0. The molecule has 4 rings (SSSR count). The third-order valence-corrected chi connectivity index (χ3v) is 8.28. The Kier molecular flexibility index (Phi) is 14.8. The van der Waals surface area contributed by atoms with Gasteiger partial charge in [0.25, 0.3) is 11.8 Å². The topological polar surface area (TPSA) is 267 Å². The van der Waals surface area contributed by atoms with Crippen LogP contribution in [-0.2, 0) is 25.6 Å². The van der Waals surface area contributed by atoms with Gasteiger partial charge in [-0.25, -0.2) is 24.4 Å². The van der Waals surface area contributed by atoms with Gasteiger partial charge in [-0.3, -0.25) is 14.4 Å². The molecule has 0 radical (unpaired) electrons. The van der Waals surface area contributed by atoms with Crippen LogP contribution < -0.4 is 31.7 Å². The molecule has 0 aliphatic carbocycles. The van der Waals surface area contributed by atoms with Gasteiger partial charge in [0.1, 0.15) is 17.4 Å². The lowest BCUT2D eigenvalue weighted by Gasteiger charge is -2.26. The number of nitrogen functional groups attached to an aromatic ring is 2. The lowest BCUT2D eigenvalue weighted by atomic mass is 10.1. The molecule has 0 bridgehead atoms. The standard InChI is InChI=1S/C38H47N11O9/c1-38(2,3)58-37(55)48(5)19-18-47(4)36(54)57-27-15-11-23(12-16-27)32(51)41-17-7-8-28(34(53)56-6)44-33(52)24-9-13-26(14-10-24)49(22-50)21-25-20-42-31-29(43-25)30(39)45-35(40)46-31/h9-16,20,22,28H,7-8,17-19,21H2,1-6H3,(H,41,51)(H,44,52)(H4,39,40,42,45,46)/t28-/m0/s1. The number of carbonyl (C=O) groups is 6. The van der Waals surface area contributed by atoms with Gasteiger partial charge in [-0.05, 0) is 82.1 Å². The molecule has 0 aliphatic heterocycles. The number of ether oxygens (including phenoxy) is 3. The molecule has 2 aromatic heterocycles. The van der Waals surface area contributed by atoms with Crippen LogP contribution in [0.5, 0.6) is 5.75 Å². The van der Waals surface area contributed by atoms with E-state index >= 15 is 0 Å². The second-order valence-corrected chi connectivity index (χ2v) is 13.9. The Morgan fingerprint density at radius 3 is 2.10 bits per heavy atom. The fourth-order valence-corrected chi connectivity index (χ4v) is 5.15. The second kappa shape index (κ2) is 19.6. The first kappa shape index (κ1) is 43.6. The molecule has 0 saturated heterocycles. The first-order valence-electron chi connectivity index (χ1n) is 18.0. The first-order chi connectivity index (χ1) is 27.5. The van der Waals surface area contributed by atoms with Crippen molar-refractivity contribution in [3.05, 3.63) is 71.5 Å². The molecule has 5 amide bonds. The number of carbonyl (C=O) groups excluding carboxylic acids is 6. The Morgan fingerprint density at radius 2 is 1.48 bits per heavy atom. The molecule has 0 aliphatic rings. The molecule has 2 aromatic carbocycles. The third-order valence-electron chi connectivity index (χ3n) is 8.28. The van der Waals surface area contributed by atoms with Crippen LogP contribution in [-0.4, -0.2) is 119 Å². The number of nitrogens with zero attached hydrogens (tertiary/aromatic N) is 7. The van der Waals surface area contributed by atoms with E-state index in [-0.39, 0.29) is 66.8 Å². The molecule has 20 heteroatoms. The van der Waals surface area contributed by atoms with Crippen LogP contribution in [0.1, 0.15) is 60.0 Å². The van der Waals surface area contributed by atoms with Crippen LogP contribution in [0.15, 0.2) is 54.7 Å². The van der Waals surface area contributed by atoms with Crippen molar-refractivity contribution in [3.63, 3.8) is 0 Å². The molecule has 1 atom stereocenters. The zero-order chi connectivity index (χ0) is 42.6. The second-order valence-electron chi connectivity index (χ2n) is 13.9. The van der Waals surface area contributed by atoms with Gasteiger partial charge in [0.2, 0.25) is 12.4 Å². The van der Waals surface area contributed by atoms with Crippen molar-refractivity contribution in [2.75, 3.05) is 57.2 Å². The SMILES string of the molecule is COC(=O)[C@H](CCCNC(=O)c1ccc(OC(=O)N(C)CCN(C)C(=O)OC(C)(C)C)cc1)NC(=O)c1ccc(N(C=O)Cc2cnc3nc(N)nc(N)c3n2)cc1. The number of nitrogens with one attached hydrogen (secondary N) is 2. The van der Waals surface area contributed by atoms with Gasteiger partial charge < -0.3 is 51.0 Å². The number of esters is 1. The van der Waals surface area contributed by atoms with E-state index in [0.717, 1.165) is 0 Å². The average molecular weight is 802 g/mol. The Balaban J connectivity index is 1.23. The summed E-state index contributed by atoms with van der Waals surface area (Å²) in [5, 5.41) is 5.42. The number of rotatable bonds is 16. The number of hydrogen-bond acceptors (Lipinski definition) is 15. The summed E-state index contributed by atoms with van der Waals surface area (Å²) >= 11 is 0. The molecule has 0 unspecified atom stereocenters. The Morgan fingerprint density at radius 1 is 0.862 bits per heavy atom. The lowest BCUT2D eigenvalue weighted by molar-refractivity contribution is -0.143. The molecule has 2 heterocycles. The van der Waals surface area contributed by atoms with E-state index in [1.54, 1.807) is 40.0 Å². The summed E-state index contributed by atoms with van der Waals surface area (Å²) in [6, 6.07) is 11.0. The molecule has 308 valence electrons. The van der Waals surface area contributed by atoms with Gasteiger partial charge in [0.05, 0.1) is 25.5 Å². The third kappa shape index (κ3) is 12.4. The number of likely N-dealkylation sites (N-methyl/N-ethyl adjacent to an activating group) is 2. The van der Waals surface area contributed by atoms with Crippen molar-refractivity contribution in [1.29, 1.82) is 0 Å². The predicted molar refractivity (Wildman–Crippen MR) is 211 cm³/mol. The maximum absolute atomic E-state index is 13.1. The monoisotopic (exact) mass is 801 g/mol. The summed E-state index contributed by atoms with van der Waals surface area (Å²) in [7, 11) is 4.30. The molecule has 0 fully saturated rings. The van der Waals surface area contributed by atoms with Crippen molar-refractivity contribution in [3.8, 4) is 5.75 Å². The number of aromatic nitrogens is 4. The van der Waals surface area contributed by atoms with E-state index in [9.17, 15) is 28.8 Å². The van der Waals surface area contributed by atoms with Gasteiger partial charge in [-0.15, -0.1) is 0 Å². The largest absolute Gasteiger partial charge is 0.467 e. The van der Waals surface area contributed by atoms with Crippen molar-refractivity contribution in [1.82, 2.24) is 40.4 Å². The fourth-order valence-electron chi connectivity index (χ4n) is 5.15. The van der Waals surface area contributed by atoms with Crippen LogP contribution in [0.2, 0.25) is 0 Å². The van der Waals surface area contributed by atoms with Gasteiger partial charge in [0, 0.05) is 50.5 Å². The van der Waals surface area contributed by atoms with Crippen LogP contribution in [0, 0.1) is 0 Å². The zero-order valence-electron chi connectivity index (χ0n) is 33.1. The molecular formula is C38H47N11O9. The Bertz CT molecular complexity index is 2110. The minimum absolute atomic E-state index is 0.0284. The smallest absolute Gasteiger partial charge is 0.415 e. The fraction of sp³-hybridized carbons (Fsp3) is 0.368. The molecule has 58 heavy (non-hydrogen) atoms. The quantitative estimate of drug-likeness (QED) is 0.0720. The van der Waals surface area contributed by atoms with Gasteiger partial charge in [-0.1, -0.05) is 0 Å². The Hall–Kier alpha value is -7.12. The summed E-state index contributed by atoms with van der Waals surface area (Å²) in [5.41, 5.74) is 12.7. The highest BCUT2D eigenvalue weighted by Gasteiger charge is 2.23.